The molecule has 0 bridgehead atoms. The molecule has 270 valence electrons. The summed E-state index contributed by atoms with van der Waals surface area (Å²) in [6.07, 6.45) is 1.83. The molecule has 5 nitrogen and oxygen atoms in total. The van der Waals surface area contributed by atoms with Crippen molar-refractivity contribution in [2.75, 3.05) is 0 Å². The molecule has 0 saturated heterocycles. The molecule has 0 radical (unpaired) electrons. The fraction of sp³-hybridized carbons (Fsp3) is 0.0385. The van der Waals surface area contributed by atoms with E-state index in [1.165, 1.54) is 44.2 Å². The van der Waals surface area contributed by atoms with Crippen LogP contribution in [0.3, 0.4) is 0 Å². The van der Waals surface area contributed by atoms with Crippen molar-refractivity contribution in [3.05, 3.63) is 199 Å². The van der Waals surface area contributed by atoms with E-state index in [0.29, 0.717) is 17.5 Å². The number of rotatable bonds is 7. The molecule has 0 atom stereocenters. The number of aryl methyl sites for hydroxylation is 2. The lowest BCUT2D eigenvalue weighted by molar-refractivity contribution is 1.06. The van der Waals surface area contributed by atoms with E-state index in [2.05, 4.69) is 122 Å². The summed E-state index contributed by atoms with van der Waals surface area (Å²) in [7, 11) is 0. The van der Waals surface area contributed by atoms with Gasteiger partial charge in [-0.15, -0.1) is 0 Å². The highest BCUT2D eigenvalue weighted by Gasteiger charge is 2.21. The first-order valence-corrected chi connectivity index (χ1v) is 19.2. The third kappa shape index (κ3) is 6.45. The third-order valence-electron chi connectivity index (χ3n) is 10.7. The first kappa shape index (κ1) is 34.0. The van der Waals surface area contributed by atoms with Crippen molar-refractivity contribution in [1.82, 2.24) is 24.5 Å². The van der Waals surface area contributed by atoms with Crippen molar-refractivity contribution in [3.8, 4) is 73.4 Å². The molecule has 57 heavy (non-hydrogen) atoms. The maximum absolute atomic E-state index is 5.23. The Kier molecular flexibility index (Phi) is 8.53. The van der Waals surface area contributed by atoms with Gasteiger partial charge >= 0.3 is 0 Å². The molecule has 0 aliphatic carbocycles. The third-order valence-corrected chi connectivity index (χ3v) is 10.7. The minimum absolute atomic E-state index is 0.582. The summed E-state index contributed by atoms with van der Waals surface area (Å²) in [5, 5.41) is 2.34. The highest BCUT2D eigenvalue weighted by molar-refractivity contribution is 6.12. The van der Waals surface area contributed by atoms with Gasteiger partial charge in [0, 0.05) is 39.2 Å². The zero-order chi connectivity index (χ0) is 38.3. The molecule has 0 spiro atoms. The number of benzene rings is 7. The van der Waals surface area contributed by atoms with Crippen LogP contribution in [0.1, 0.15) is 11.1 Å². The molecule has 0 fully saturated rings. The fourth-order valence-electron chi connectivity index (χ4n) is 7.67. The second-order valence-electron chi connectivity index (χ2n) is 14.5. The maximum atomic E-state index is 5.23. The van der Waals surface area contributed by atoms with Gasteiger partial charge in [0.15, 0.2) is 17.5 Å². The van der Waals surface area contributed by atoms with Crippen LogP contribution in [0.4, 0.5) is 0 Å². The van der Waals surface area contributed by atoms with Gasteiger partial charge in [0.2, 0.25) is 0 Å². The van der Waals surface area contributed by atoms with Crippen LogP contribution in [0.25, 0.3) is 95.2 Å². The standard InChI is InChI=1S/C52H37N5/c1-34-16-20-36(21-17-34)40-24-27-47-43(31-40)44-32-41(37-22-18-35(2)19-23-37)25-28-48(44)57(47)49-29-26-42(46-15-9-10-30-53-46)33-45(49)52-55-50(38-11-5-3-6-12-38)54-51(56-52)39-13-7-4-8-14-39/h3-33H,1-2H3. The van der Waals surface area contributed by atoms with Gasteiger partial charge in [-0.25, -0.2) is 15.0 Å². The van der Waals surface area contributed by atoms with E-state index < -0.39 is 0 Å². The molecule has 7 aromatic carbocycles. The van der Waals surface area contributed by atoms with E-state index in [-0.39, 0.29) is 0 Å². The van der Waals surface area contributed by atoms with Crippen molar-refractivity contribution in [1.29, 1.82) is 0 Å². The summed E-state index contributed by atoms with van der Waals surface area (Å²) < 4.78 is 2.37. The zero-order valence-corrected chi connectivity index (χ0v) is 31.6. The summed E-state index contributed by atoms with van der Waals surface area (Å²) >= 11 is 0. The molecule has 0 aliphatic heterocycles. The van der Waals surface area contributed by atoms with Crippen LogP contribution in [0.2, 0.25) is 0 Å². The Labute approximate surface area is 331 Å². The lowest BCUT2D eigenvalue weighted by Crippen LogP contribution is -2.04. The number of hydrogen-bond donors (Lipinski definition) is 0. The molecule has 10 aromatic rings. The molecular formula is C52H37N5. The Hall–Kier alpha value is -7.50. The van der Waals surface area contributed by atoms with Crippen LogP contribution >= 0.6 is 0 Å². The molecule has 3 heterocycles. The maximum Gasteiger partial charge on any atom is 0.166 e. The van der Waals surface area contributed by atoms with Crippen LogP contribution in [-0.4, -0.2) is 24.5 Å². The average Bonchev–Trinajstić information content (AvgIpc) is 3.60. The number of hydrogen-bond acceptors (Lipinski definition) is 4. The molecule has 5 heteroatoms. The summed E-state index contributed by atoms with van der Waals surface area (Å²) in [6, 6.07) is 63.9. The smallest absolute Gasteiger partial charge is 0.166 e. The second-order valence-corrected chi connectivity index (χ2v) is 14.5. The Morgan fingerprint density at radius 1 is 0.368 bits per heavy atom. The van der Waals surface area contributed by atoms with Gasteiger partial charge in [0.25, 0.3) is 0 Å². The summed E-state index contributed by atoms with van der Waals surface area (Å²) in [5.41, 5.74) is 14.9. The molecule has 0 aliphatic rings. The quantitative estimate of drug-likeness (QED) is 0.164. The monoisotopic (exact) mass is 731 g/mol. The lowest BCUT2D eigenvalue weighted by atomic mass is 9.99. The van der Waals surface area contributed by atoms with Crippen molar-refractivity contribution >= 4 is 21.8 Å². The van der Waals surface area contributed by atoms with Crippen LogP contribution in [0.15, 0.2) is 188 Å². The van der Waals surface area contributed by atoms with E-state index >= 15 is 0 Å². The average molecular weight is 732 g/mol. The highest BCUT2D eigenvalue weighted by atomic mass is 15.1. The van der Waals surface area contributed by atoms with Crippen molar-refractivity contribution < 1.29 is 0 Å². The SMILES string of the molecule is Cc1ccc(-c2ccc3c(c2)c2cc(-c4ccc(C)cc4)ccc2n3-c2ccc(-c3ccccn3)cc2-c2nc(-c3ccccc3)nc(-c3ccccc3)n2)cc1. The molecule has 0 saturated carbocycles. The normalized spacial score (nSPS) is 11.3. The van der Waals surface area contributed by atoms with Crippen LogP contribution < -0.4 is 0 Å². The van der Waals surface area contributed by atoms with Crippen molar-refractivity contribution in [2.24, 2.45) is 0 Å². The summed E-state index contributed by atoms with van der Waals surface area (Å²) in [4.78, 5) is 20.2. The lowest BCUT2D eigenvalue weighted by Gasteiger charge is -2.16. The minimum atomic E-state index is 0.582. The molecule has 0 unspecified atom stereocenters. The summed E-state index contributed by atoms with van der Waals surface area (Å²) in [6.45, 7) is 4.25. The first-order valence-electron chi connectivity index (χ1n) is 19.2. The number of fused-ring (bicyclic) bond motifs is 3. The topological polar surface area (TPSA) is 56.5 Å². The van der Waals surface area contributed by atoms with Crippen LogP contribution in [0.5, 0.6) is 0 Å². The summed E-state index contributed by atoms with van der Waals surface area (Å²) in [5.74, 6) is 1.81. The second kappa shape index (κ2) is 14.3. The van der Waals surface area contributed by atoms with Gasteiger partial charge in [-0.1, -0.05) is 145 Å². The van der Waals surface area contributed by atoms with Gasteiger partial charge in [0.05, 0.1) is 22.4 Å². The Morgan fingerprint density at radius 3 is 1.35 bits per heavy atom. The Balaban J connectivity index is 1.27. The highest BCUT2D eigenvalue weighted by Crippen LogP contribution is 2.41. The molecule has 0 N–H and O–H groups in total. The van der Waals surface area contributed by atoms with Gasteiger partial charge in [-0.3, -0.25) is 4.98 Å². The van der Waals surface area contributed by atoms with E-state index in [1.54, 1.807) is 0 Å². The van der Waals surface area contributed by atoms with Gasteiger partial charge in [-0.05, 0) is 84.6 Å². The number of pyridine rings is 1. The predicted molar refractivity (Wildman–Crippen MR) is 234 cm³/mol. The zero-order valence-electron chi connectivity index (χ0n) is 31.6. The van der Waals surface area contributed by atoms with Gasteiger partial charge < -0.3 is 4.57 Å². The van der Waals surface area contributed by atoms with Gasteiger partial charge in [0.1, 0.15) is 0 Å². The number of aromatic nitrogens is 5. The largest absolute Gasteiger partial charge is 0.308 e. The molecule has 0 amide bonds. The Morgan fingerprint density at radius 2 is 0.842 bits per heavy atom. The predicted octanol–water partition coefficient (Wildman–Crippen LogP) is 13.0. The van der Waals surface area contributed by atoms with E-state index in [0.717, 1.165) is 44.7 Å². The van der Waals surface area contributed by atoms with Crippen molar-refractivity contribution in [3.63, 3.8) is 0 Å². The van der Waals surface area contributed by atoms with E-state index in [9.17, 15) is 0 Å². The first-order chi connectivity index (χ1) is 28.1. The fourth-order valence-corrected chi connectivity index (χ4v) is 7.67. The van der Waals surface area contributed by atoms with E-state index in [1.807, 2.05) is 85.1 Å². The van der Waals surface area contributed by atoms with Crippen LogP contribution in [0, 0.1) is 13.8 Å². The molecule has 10 rings (SSSR count). The van der Waals surface area contributed by atoms with Gasteiger partial charge in [-0.2, -0.15) is 0 Å². The van der Waals surface area contributed by atoms with Crippen LogP contribution in [-0.2, 0) is 0 Å². The van der Waals surface area contributed by atoms with Crippen molar-refractivity contribution in [2.45, 2.75) is 13.8 Å². The Bertz CT molecular complexity index is 2880. The van der Waals surface area contributed by atoms with E-state index in [4.69, 9.17) is 19.9 Å². The minimum Gasteiger partial charge on any atom is -0.308 e. The number of nitrogens with zero attached hydrogens (tertiary/aromatic N) is 5. The molecular weight excluding hydrogens is 695 g/mol. The molecule has 3 aromatic heterocycles.